The number of esters is 1. The number of amides is 1. The molecule has 0 bridgehead atoms. The summed E-state index contributed by atoms with van der Waals surface area (Å²) in [7, 11) is 0. The van der Waals surface area contributed by atoms with Gasteiger partial charge in [-0.05, 0) is 109 Å². The number of rotatable bonds is 55. The smallest absolute Gasteiger partial charge is 0.306 e. The van der Waals surface area contributed by atoms with Crippen LogP contribution in [0.25, 0.3) is 0 Å². The van der Waals surface area contributed by atoms with E-state index >= 15 is 0 Å². The lowest BCUT2D eigenvalue weighted by Gasteiger charge is -2.41. The van der Waals surface area contributed by atoms with Crippen molar-refractivity contribution in [3.63, 3.8) is 0 Å². The molecule has 0 saturated carbocycles. The molecule has 1 aliphatic heterocycles. The van der Waals surface area contributed by atoms with Gasteiger partial charge in [0.25, 0.3) is 0 Å². The third-order valence-corrected chi connectivity index (χ3v) is 14.8. The highest BCUT2D eigenvalue weighted by Gasteiger charge is 2.47. The number of hydrogen-bond acceptors (Lipinski definition) is 10. The van der Waals surface area contributed by atoms with Crippen LogP contribution in [0.2, 0.25) is 0 Å². The van der Waals surface area contributed by atoms with Gasteiger partial charge in [-0.3, -0.25) is 9.59 Å². The Hall–Kier alpha value is -3.94. The minimum atomic E-state index is -1.64. The molecule has 0 aromatic rings. The lowest BCUT2D eigenvalue weighted by atomic mass is 9.99. The summed E-state index contributed by atoms with van der Waals surface area (Å²) >= 11 is 0. The topological polar surface area (TPSA) is 175 Å². The Bertz CT molecular complexity index is 1810. The molecule has 0 aromatic carbocycles. The molecule has 8 unspecified atom stereocenters. The van der Waals surface area contributed by atoms with Crippen LogP contribution in [0.3, 0.4) is 0 Å². The van der Waals surface area contributed by atoms with E-state index in [9.17, 15) is 35.1 Å². The Morgan fingerprint density at radius 3 is 1.33 bits per heavy atom. The second-order valence-corrected chi connectivity index (χ2v) is 22.5. The first kappa shape index (κ1) is 77.1. The van der Waals surface area contributed by atoms with Gasteiger partial charge in [0, 0.05) is 6.42 Å². The first-order valence-electron chi connectivity index (χ1n) is 33.3. The van der Waals surface area contributed by atoms with E-state index < -0.39 is 67.4 Å². The fourth-order valence-electron chi connectivity index (χ4n) is 9.61. The lowest BCUT2D eigenvalue weighted by molar-refractivity contribution is -0.305. The van der Waals surface area contributed by atoms with Crippen molar-refractivity contribution in [2.45, 2.75) is 307 Å². The standard InChI is InChI=1S/C72H121NO10/c1-4-7-10-13-16-19-22-24-26-28-29-30-31-32-33-34-35-36-38-39-41-44-47-50-53-56-59-65(76)71(80)73-63(64(75)58-55-52-49-46-43-21-18-15-12-9-6-3)62-81-72-70(69(79)68(78)66(61-74)82-72)83-67(77)60-57-54-51-48-45-42-40-37-27-25-23-20-17-14-11-8-5-2/h8,11,16-17,19-20,24-27,29-30,32-33,40,42,48,51,55,58,63-66,68-70,72,74-76,78-79H,4-7,9-10,12-15,18,21-23,28,31,34-39,41,43-47,49-50,52-54,56-57,59-62H2,1-3H3,(H,73,80)/b11-8-,19-16-,20-17-,26-24-,27-25-,30-29-,33-32-,42-40-,51-48-,58-55+. The van der Waals surface area contributed by atoms with Crippen LogP contribution in [0.15, 0.2) is 122 Å². The fourth-order valence-corrected chi connectivity index (χ4v) is 9.61. The van der Waals surface area contributed by atoms with Crippen LogP contribution in [-0.2, 0) is 23.8 Å². The van der Waals surface area contributed by atoms with Crippen LogP contribution >= 0.6 is 0 Å². The van der Waals surface area contributed by atoms with Gasteiger partial charge in [0.2, 0.25) is 5.91 Å². The number of unbranched alkanes of at least 4 members (excludes halogenated alkanes) is 23. The number of ether oxygens (including phenoxy) is 3. The molecule has 0 aliphatic carbocycles. The largest absolute Gasteiger partial charge is 0.454 e. The number of carbonyl (C=O) groups is 2. The summed E-state index contributed by atoms with van der Waals surface area (Å²) in [4.78, 5) is 26.6. The van der Waals surface area contributed by atoms with E-state index in [0.717, 1.165) is 103 Å². The van der Waals surface area contributed by atoms with Gasteiger partial charge in [-0.25, -0.2) is 0 Å². The number of nitrogens with one attached hydrogen (secondary N) is 1. The predicted molar refractivity (Wildman–Crippen MR) is 347 cm³/mol. The third kappa shape index (κ3) is 46.0. The summed E-state index contributed by atoms with van der Waals surface area (Å²) in [5.41, 5.74) is 0. The molecule has 83 heavy (non-hydrogen) atoms. The molecule has 0 radical (unpaired) electrons. The second kappa shape index (κ2) is 58.4. The number of allylic oxidation sites excluding steroid dienone is 19. The summed E-state index contributed by atoms with van der Waals surface area (Å²) in [6.45, 7) is 5.60. The van der Waals surface area contributed by atoms with Crippen molar-refractivity contribution < 1.29 is 49.3 Å². The van der Waals surface area contributed by atoms with Gasteiger partial charge in [0.1, 0.15) is 24.4 Å². The molecule has 11 heteroatoms. The van der Waals surface area contributed by atoms with Crippen LogP contribution < -0.4 is 5.32 Å². The second-order valence-electron chi connectivity index (χ2n) is 22.5. The van der Waals surface area contributed by atoms with Crippen LogP contribution in [0.4, 0.5) is 0 Å². The van der Waals surface area contributed by atoms with Crippen molar-refractivity contribution in [2.75, 3.05) is 13.2 Å². The van der Waals surface area contributed by atoms with Gasteiger partial charge in [-0.2, -0.15) is 0 Å². The Kier molecular flexibility index (Phi) is 54.3. The van der Waals surface area contributed by atoms with Crippen molar-refractivity contribution in [1.29, 1.82) is 0 Å². The number of carbonyl (C=O) groups excluding carboxylic acids is 2. The molecule has 0 aromatic heterocycles. The highest BCUT2D eigenvalue weighted by molar-refractivity contribution is 5.80. The molecule has 6 N–H and O–H groups in total. The SMILES string of the molecule is CC/C=C\C/C=C\C/C=C\C/C=C\C/C=C\CCCC(=O)OC1C(OCC(NC(=O)C(O)CCCCCCCCCCCC/C=C\C/C=C\C/C=C\C/C=C\CCCCC)C(O)/C=C/CCCCCCCCCCC)OC(CO)C(O)C1O. The quantitative estimate of drug-likeness (QED) is 0.0195. The maximum absolute atomic E-state index is 13.5. The molecule has 1 heterocycles. The van der Waals surface area contributed by atoms with Gasteiger partial charge < -0.3 is 45.1 Å². The average molecular weight is 1160 g/mol. The van der Waals surface area contributed by atoms with Crippen molar-refractivity contribution in [2.24, 2.45) is 0 Å². The zero-order valence-electron chi connectivity index (χ0n) is 52.5. The fraction of sp³-hybridized carbons (Fsp3) is 0.694. The van der Waals surface area contributed by atoms with E-state index in [-0.39, 0.29) is 19.4 Å². The van der Waals surface area contributed by atoms with Gasteiger partial charge in [0.15, 0.2) is 12.4 Å². The normalized spacial score (nSPS) is 19.3. The molecular weight excluding hydrogens is 1040 g/mol. The highest BCUT2D eigenvalue weighted by atomic mass is 16.7. The van der Waals surface area contributed by atoms with Gasteiger partial charge >= 0.3 is 5.97 Å². The van der Waals surface area contributed by atoms with Crippen molar-refractivity contribution in [3.05, 3.63) is 122 Å². The Morgan fingerprint density at radius 2 is 0.867 bits per heavy atom. The molecule has 0 spiro atoms. The Balaban J connectivity index is 2.62. The summed E-state index contributed by atoms with van der Waals surface area (Å²) in [6.07, 6.45) is 71.0. The van der Waals surface area contributed by atoms with E-state index in [1.807, 2.05) is 18.2 Å². The zero-order chi connectivity index (χ0) is 60.3. The van der Waals surface area contributed by atoms with E-state index in [2.05, 4.69) is 123 Å². The maximum Gasteiger partial charge on any atom is 0.306 e. The lowest BCUT2D eigenvalue weighted by Crippen LogP contribution is -2.61. The van der Waals surface area contributed by atoms with E-state index in [1.54, 1.807) is 6.08 Å². The van der Waals surface area contributed by atoms with E-state index in [4.69, 9.17) is 14.2 Å². The number of hydrogen-bond donors (Lipinski definition) is 6. The van der Waals surface area contributed by atoms with Crippen LogP contribution in [-0.4, -0.2) is 99.6 Å². The van der Waals surface area contributed by atoms with Crippen LogP contribution in [0.1, 0.15) is 258 Å². The van der Waals surface area contributed by atoms with Gasteiger partial charge in [-0.1, -0.05) is 264 Å². The first-order chi connectivity index (χ1) is 40.7. The van der Waals surface area contributed by atoms with E-state index in [1.165, 1.54) is 103 Å². The molecule has 1 fully saturated rings. The molecular formula is C72H121NO10. The summed E-state index contributed by atoms with van der Waals surface area (Å²) in [6, 6.07) is -1.05. The molecule has 1 aliphatic rings. The van der Waals surface area contributed by atoms with Crippen molar-refractivity contribution in [3.8, 4) is 0 Å². The molecule has 11 nitrogen and oxygen atoms in total. The van der Waals surface area contributed by atoms with Crippen molar-refractivity contribution in [1.82, 2.24) is 5.32 Å². The van der Waals surface area contributed by atoms with Crippen molar-refractivity contribution >= 4 is 11.9 Å². The summed E-state index contributed by atoms with van der Waals surface area (Å²) < 4.78 is 17.6. The van der Waals surface area contributed by atoms with E-state index in [0.29, 0.717) is 19.3 Å². The average Bonchev–Trinajstić information content (AvgIpc) is 3.69. The van der Waals surface area contributed by atoms with Gasteiger partial charge in [0.05, 0.1) is 25.4 Å². The maximum atomic E-state index is 13.5. The Labute approximate surface area is 506 Å². The molecule has 474 valence electrons. The number of aliphatic hydroxyl groups excluding tert-OH is 5. The summed E-state index contributed by atoms with van der Waals surface area (Å²) in [5, 5.41) is 57.0. The summed E-state index contributed by atoms with van der Waals surface area (Å²) in [5.74, 6) is -1.27. The minimum Gasteiger partial charge on any atom is -0.454 e. The predicted octanol–water partition coefficient (Wildman–Crippen LogP) is 16.6. The zero-order valence-corrected chi connectivity index (χ0v) is 52.5. The molecule has 1 saturated heterocycles. The monoisotopic (exact) mass is 1160 g/mol. The van der Waals surface area contributed by atoms with Crippen LogP contribution in [0.5, 0.6) is 0 Å². The Morgan fingerprint density at radius 1 is 0.482 bits per heavy atom. The highest BCUT2D eigenvalue weighted by Crippen LogP contribution is 2.26. The number of aliphatic hydroxyl groups is 5. The molecule has 1 rings (SSSR count). The van der Waals surface area contributed by atoms with Gasteiger partial charge in [-0.15, -0.1) is 0 Å². The molecule has 1 amide bonds. The van der Waals surface area contributed by atoms with Crippen LogP contribution in [0, 0.1) is 0 Å². The minimum absolute atomic E-state index is 0.0392. The molecule has 8 atom stereocenters. The first-order valence-corrected chi connectivity index (χ1v) is 33.3. The third-order valence-electron chi connectivity index (χ3n) is 14.8.